The van der Waals surface area contributed by atoms with Crippen LogP contribution in [0.4, 0.5) is 5.95 Å². The van der Waals surface area contributed by atoms with Crippen molar-refractivity contribution < 1.29 is 14.3 Å². The zero-order chi connectivity index (χ0) is 19.5. The summed E-state index contributed by atoms with van der Waals surface area (Å²) in [7, 11) is 1.53. The number of anilines is 1. The van der Waals surface area contributed by atoms with Gasteiger partial charge in [0.1, 0.15) is 12.4 Å². The lowest BCUT2D eigenvalue weighted by Crippen LogP contribution is -2.39. The first-order chi connectivity index (χ1) is 13.6. The summed E-state index contributed by atoms with van der Waals surface area (Å²) in [5.41, 5.74) is 3.03. The van der Waals surface area contributed by atoms with Gasteiger partial charge in [-0.25, -0.2) is 4.98 Å². The number of rotatable bonds is 5. The zero-order valence-corrected chi connectivity index (χ0v) is 16.5. The molecule has 1 fully saturated rings. The number of carbonyl (C=O) groups excluding carboxylic acids is 1. The Balaban J connectivity index is 1.67. The molecule has 3 heterocycles. The van der Waals surface area contributed by atoms with Crippen molar-refractivity contribution in [1.29, 1.82) is 0 Å². The molecule has 7 heteroatoms. The monoisotopic (exact) mass is 382 g/mol. The summed E-state index contributed by atoms with van der Waals surface area (Å²) in [5, 5.41) is 0. The second-order valence-electron chi connectivity index (χ2n) is 7.36. The van der Waals surface area contributed by atoms with Crippen LogP contribution >= 0.6 is 0 Å². The summed E-state index contributed by atoms with van der Waals surface area (Å²) < 4.78 is 11.2. The summed E-state index contributed by atoms with van der Waals surface area (Å²) in [6, 6.07) is 7.91. The summed E-state index contributed by atoms with van der Waals surface area (Å²) in [6.07, 6.45) is 3.01. The number of benzene rings is 1. The number of fused-ring (bicyclic) bond motifs is 1. The number of nitrogens with zero attached hydrogens (tertiary/aromatic N) is 4. The Kier molecular flexibility index (Phi) is 5.43. The second-order valence-corrected chi connectivity index (χ2v) is 7.36. The molecule has 0 bridgehead atoms. The highest BCUT2D eigenvalue weighted by molar-refractivity contribution is 5.77. The van der Waals surface area contributed by atoms with E-state index in [2.05, 4.69) is 4.90 Å². The van der Waals surface area contributed by atoms with Gasteiger partial charge in [0.15, 0.2) is 0 Å². The molecule has 1 aromatic heterocycles. The van der Waals surface area contributed by atoms with Gasteiger partial charge in [-0.05, 0) is 31.9 Å². The van der Waals surface area contributed by atoms with E-state index in [1.807, 2.05) is 31.2 Å². The lowest BCUT2D eigenvalue weighted by Gasteiger charge is -2.30. The highest BCUT2D eigenvalue weighted by Crippen LogP contribution is 2.32. The molecule has 0 saturated carbocycles. The molecule has 0 unspecified atom stereocenters. The van der Waals surface area contributed by atoms with Crippen molar-refractivity contribution in [3.8, 4) is 11.6 Å². The van der Waals surface area contributed by atoms with Crippen LogP contribution in [0.25, 0.3) is 0 Å². The average molecular weight is 382 g/mol. The van der Waals surface area contributed by atoms with Gasteiger partial charge in [0.2, 0.25) is 17.7 Å². The summed E-state index contributed by atoms with van der Waals surface area (Å²) in [6.45, 7) is 5.15. The molecule has 0 N–H and O–H groups in total. The zero-order valence-electron chi connectivity index (χ0n) is 16.5. The van der Waals surface area contributed by atoms with Crippen LogP contribution in [-0.2, 0) is 22.5 Å². The van der Waals surface area contributed by atoms with Crippen LogP contribution in [0.1, 0.15) is 29.7 Å². The smallest absolute Gasteiger partial charge is 0.248 e. The molecule has 0 aliphatic carbocycles. The molecule has 7 nitrogen and oxygen atoms in total. The van der Waals surface area contributed by atoms with Gasteiger partial charge in [0, 0.05) is 33.2 Å². The molecule has 1 aromatic carbocycles. The van der Waals surface area contributed by atoms with Crippen LogP contribution in [0.2, 0.25) is 0 Å². The number of amides is 1. The van der Waals surface area contributed by atoms with Crippen molar-refractivity contribution in [2.75, 3.05) is 38.3 Å². The van der Waals surface area contributed by atoms with Crippen molar-refractivity contribution in [2.24, 2.45) is 0 Å². The van der Waals surface area contributed by atoms with E-state index in [1.165, 1.54) is 12.7 Å². The number of hydrogen-bond donors (Lipinski definition) is 0. The van der Waals surface area contributed by atoms with Gasteiger partial charge in [-0.2, -0.15) is 4.98 Å². The van der Waals surface area contributed by atoms with Crippen molar-refractivity contribution in [3.05, 3.63) is 41.1 Å². The number of ether oxygens (including phenoxy) is 2. The SMILES string of the molecule is COCC(=O)N1CCc2nc(N3CCCC3)nc(Oc3ccc(C)cc3)c2C1. The van der Waals surface area contributed by atoms with Gasteiger partial charge in [0.25, 0.3) is 0 Å². The van der Waals surface area contributed by atoms with Gasteiger partial charge in [-0.1, -0.05) is 17.7 Å². The van der Waals surface area contributed by atoms with Crippen LogP contribution in [-0.4, -0.2) is 54.1 Å². The maximum absolute atomic E-state index is 12.3. The molecular formula is C21H26N4O3. The van der Waals surface area contributed by atoms with Gasteiger partial charge in [0.05, 0.1) is 17.8 Å². The number of hydrogen-bond acceptors (Lipinski definition) is 6. The minimum atomic E-state index is -0.0296. The predicted molar refractivity (Wildman–Crippen MR) is 106 cm³/mol. The van der Waals surface area contributed by atoms with Crippen LogP contribution < -0.4 is 9.64 Å². The van der Waals surface area contributed by atoms with Crippen molar-refractivity contribution >= 4 is 11.9 Å². The third-order valence-electron chi connectivity index (χ3n) is 5.26. The van der Waals surface area contributed by atoms with Crippen molar-refractivity contribution in [1.82, 2.24) is 14.9 Å². The van der Waals surface area contributed by atoms with E-state index in [0.29, 0.717) is 25.4 Å². The molecule has 2 aliphatic rings. The molecular weight excluding hydrogens is 356 g/mol. The first-order valence-electron chi connectivity index (χ1n) is 9.80. The topological polar surface area (TPSA) is 67.8 Å². The van der Waals surface area contributed by atoms with E-state index in [4.69, 9.17) is 19.4 Å². The van der Waals surface area contributed by atoms with Crippen molar-refractivity contribution in [3.63, 3.8) is 0 Å². The van der Waals surface area contributed by atoms with E-state index >= 15 is 0 Å². The fraction of sp³-hybridized carbons (Fsp3) is 0.476. The second kappa shape index (κ2) is 8.14. The molecule has 2 aliphatic heterocycles. The molecule has 148 valence electrons. The highest BCUT2D eigenvalue weighted by Gasteiger charge is 2.28. The molecule has 28 heavy (non-hydrogen) atoms. The van der Waals surface area contributed by atoms with Gasteiger partial charge in [-0.15, -0.1) is 0 Å². The number of aromatic nitrogens is 2. The Bertz CT molecular complexity index is 847. The van der Waals surface area contributed by atoms with E-state index in [1.54, 1.807) is 4.90 Å². The molecule has 0 spiro atoms. The minimum Gasteiger partial charge on any atom is -0.438 e. The first kappa shape index (κ1) is 18.7. The Morgan fingerprint density at radius 1 is 1.11 bits per heavy atom. The minimum absolute atomic E-state index is 0.0296. The molecule has 2 aromatic rings. The van der Waals surface area contributed by atoms with E-state index < -0.39 is 0 Å². The van der Waals surface area contributed by atoms with E-state index in [-0.39, 0.29) is 12.5 Å². The number of methoxy groups -OCH3 is 1. The van der Waals surface area contributed by atoms with Crippen LogP contribution in [0.5, 0.6) is 11.6 Å². The molecule has 1 amide bonds. The lowest BCUT2D eigenvalue weighted by molar-refractivity contribution is -0.136. The average Bonchev–Trinajstić information content (AvgIpc) is 3.24. The predicted octanol–water partition coefficient (Wildman–Crippen LogP) is 2.71. The largest absolute Gasteiger partial charge is 0.438 e. The molecule has 1 saturated heterocycles. The van der Waals surface area contributed by atoms with Crippen LogP contribution in [0.15, 0.2) is 24.3 Å². The third-order valence-corrected chi connectivity index (χ3v) is 5.26. The Labute approximate surface area is 165 Å². The summed E-state index contributed by atoms with van der Waals surface area (Å²) >= 11 is 0. The maximum atomic E-state index is 12.3. The maximum Gasteiger partial charge on any atom is 0.248 e. The Morgan fingerprint density at radius 3 is 2.57 bits per heavy atom. The number of carbonyl (C=O) groups is 1. The fourth-order valence-corrected chi connectivity index (χ4v) is 3.66. The van der Waals surface area contributed by atoms with Gasteiger partial charge < -0.3 is 19.3 Å². The fourth-order valence-electron chi connectivity index (χ4n) is 3.66. The first-order valence-corrected chi connectivity index (χ1v) is 9.80. The Hall–Kier alpha value is -2.67. The van der Waals surface area contributed by atoms with Gasteiger partial charge in [-0.3, -0.25) is 4.79 Å². The highest BCUT2D eigenvalue weighted by atomic mass is 16.5. The quantitative estimate of drug-likeness (QED) is 0.792. The van der Waals surface area contributed by atoms with E-state index in [0.717, 1.165) is 48.9 Å². The van der Waals surface area contributed by atoms with Crippen LogP contribution in [0, 0.1) is 6.92 Å². The molecule has 4 rings (SSSR count). The van der Waals surface area contributed by atoms with Crippen LogP contribution in [0.3, 0.4) is 0 Å². The normalized spacial score (nSPS) is 16.2. The lowest BCUT2D eigenvalue weighted by atomic mass is 10.1. The number of aryl methyl sites for hydroxylation is 1. The Morgan fingerprint density at radius 2 is 1.86 bits per heavy atom. The van der Waals surface area contributed by atoms with Gasteiger partial charge >= 0.3 is 0 Å². The summed E-state index contributed by atoms with van der Waals surface area (Å²) in [4.78, 5) is 25.9. The third kappa shape index (κ3) is 3.94. The molecule has 0 radical (unpaired) electrons. The molecule has 0 atom stereocenters. The van der Waals surface area contributed by atoms with E-state index in [9.17, 15) is 4.79 Å². The standard InChI is InChI=1S/C21H26N4O3/c1-15-5-7-16(8-6-15)28-20-17-13-25(19(26)14-27-2)12-9-18(17)22-21(23-20)24-10-3-4-11-24/h5-8H,3-4,9-14H2,1-2H3. The van der Waals surface area contributed by atoms with Crippen molar-refractivity contribution in [2.45, 2.75) is 32.7 Å². The summed E-state index contributed by atoms with van der Waals surface area (Å²) in [5.74, 6) is 1.98.